The van der Waals surface area contributed by atoms with Gasteiger partial charge in [-0.05, 0) is 31.0 Å². The topological polar surface area (TPSA) is 56.5 Å². The van der Waals surface area contributed by atoms with Gasteiger partial charge in [0.1, 0.15) is 6.07 Å². The van der Waals surface area contributed by atoms with Crippen molar-refractivity contribution < 1.29 is 9.84 Å². The van der Waals surface area contributed by atoms with Gasteiger partial charge in [0.2, 0.25) is 0 Å². The van der Waals surface area contributed by atoms with Crippen LogP contribution in [0.4, 0.5) is 5.69 Å². The lowest BCUT2D eigenvalue weighted by molar-refractivity contribution is 0.0159. The predicted octanol–water partition coefficient (Wildman–Crippen LogP) is 2.30. The van der Waals surface area contributed by atoms with Crippen molar-refractivity contribution in [3.8, 4) is 6.07 Å². The van der Waals surface area contributed by atoms with E-state index in [1.54, 1.807) is 0 Å². The number of piperidine rings is 1. The van der Waals surface area contributed by atoms with Crippen LogP contribution in [-0.2, 0) is 4.74 Å². The first-order valence-corrected chi connectivity index (χ1v) is 7.21. The summed E-state index contributed by atoms with van der Waals surface area (Å²) in [6.07, 6.45) is 2.09. The largest absolute Gasteiger partial charge is 0.394 e. The van der Waals surface area contributed by atoms with E-state index in [4.69, 9.17) is 9.84 Å². The fraction of sp³-hybridized carbons (Fsp3) is 0.500. The molecule has 0 saturated carbocycles. The fourth-order valence-electron chi connectivity index (χ4n) is 2.36. The maximum Gasteiger partial charge on any atom is 0.101 e. The molecule has 1 N–H and O–H groups in total. The molecule has 5 heteroatoms. The zero-order chi connectivity index (χ0) is 13.7. The Morgan fingerprint density at radius 3 is 2.79 bits per heavy atom. The highest BCUT2D eigenvalue weighted by atomic mass is 79.9. The summed E-state index contributed by atoms with van der Waals surface area (Å²) in [4.78, 5) is 2.23. The van der Waals surface area contributed by atoms with E-state index in [1.165, 1.54) is 0 Å². The van der Waals surface area contributed by atoms with Crippen LogP contribution >= 0.6 is 15.9 Å². The number of nitrogens with zero attached hydrogens (tertiary/aromatic N) is 2. The Labute approximate surface area is 121 Å². The summed E-state index contributed by atoms with van der Waals surface area (Å²) < 4.78 is 6.47. The minimum atomic E-state index is 0.0749. The fourth-order valence-corrected chi connectivity index (χ4v) is 2.72. The summed E-state index contributed by atoms with van der Waals surface area (Å²) in [5, 5.41) is 17.9. The van der Waals surface area contributed by atoms with Crippen molar-refractivity contribution in [3.63, 3.8) is 0 Å². The van der Waals surface area contributed by atoms with Crippen molar-refractivity contribution in [2.45, 2.75) is 18.9 Å². The van der Waals surface area contributed by atoms with Crippen LogP contribution in [-0.4, -0.2) is 37.5 Å². The summed E-state index contributed by atoms with van der Waals surface area (Å²) >= 11 is 3.39. The minimum Gasteiger partial charge on any atom is -0.394 e. The van der Waals surface area contributed by atoms with E-state index in [2.05, 4.69) is 26.9 Å². The van der Waals surface area contributed by atoms with E-state index in [-0.39, 0.29) is 12.7 Å². The van der Waals surface area contributed by atoms with Gasteiger partial charge < -0.3 is 14.7 Å². The molecule has 0 unspecified atom stereocenters. The van der Waals surface area contributed by atoms with Crippen molar-refractivity contribution in [1.29, 1.82) is 5.26 Å². The molecule has 1 aromatic carbocycles. The number of nitriles is 1. The highest BCUT2D eigenvalue weighted by Crippen LogP contribution is 2.27. The standard InChI is InChI=1S/C14H17BrN2O2/c15-12-1-2-14(11(9-12)10-16)17-5-3-13(4-6-17)19-8-7-18/h1-2,9,13,18H,3-8H2. The van der Waals surface area contributed by atoms with Crippen molar-refractivity contribution in [3.05, 3.63) is 28.2 Å². The molecular formula is C14H17BrN2O2. The van der Waals surface area contributed by atoms with Crippen molar-refractivity contribution >= 4 is 21.6 Å². The minimum absolute atomic E-state index is 0.0749. The van der Waals surface area contributed by atoms with Crippen LogP contribution in [0.15, 0.2) is 22.7 Å². The number of anilines is 1. The van der Waals surface area contributed by atoms with E-state index in [9.17, 15) is 5.26 Å². The summed E-state index contributed by atoms with van der Waals surface area (Å²) in [5.74, 6) is 0. The third-order valence-corrected chi connectivity index (χ3v) is 3.80. The summed E-state index contributed by atoms with van der Waals surface area (Å²) in [6, 6.07) is 8.04. The lowest BCUT2D eigenvalue weighted by atomic mass is 10.1. The highest BCUT2D eigenvalue weighted by Gasteiger charge is 2.21. The lowest BCUT2D eigenvalue weighted by Crippen LogP contribution is -2.37. The zero-order valence-electron chi connectivity index (χ0n) is 10.7. The highest BCUT2D eigenvalue weighted by molar-refractivity contribution is 9.10. The molecule has 0 bridgehead atoms. The lowest BCUT2D eigenvalue weighted by Gasteiger charge is -2.34. The molecule has 1 aliphatic rings. The van der Waals surface area contributed by atoms with Gasteiger partial charge in [0, 0.05) is 17.6 Å². The number of aliphatic hydroxyl groups is 1. The molecule has 1 heterocycles. The first-order valence-electron chi connectivity index (χ1n) is 6.41. The Morgan fingerprint density at radius 2 is 2.16 bits per heavy atom. The third-order valence-electron chi connectivity index (χ3n) is 3.31. The van der Waals surface area contributed by atoms with Crippen molar-refractivity contribution in [2.24, 2.45) is 0 Å². The van der Waals surface area contributed by atoms with E-state index < -0.39 is 0 Å². The third kappa shape index (κ3) is 3.69. The van der Waals surface area contributed by atoms with Gasteiger partial charge in [0.15, 0.2) is 0 Å². The monoisotopic (exact) mass is 324 g/mol. The number of ether oxygens (including phenoxy) is 1. The first kappa shape index (κ1) is 14.3. The zero-order valence-corrected chi connectivity index (χ0v) is 12.3. The van der Waals surface area contributed by atoms with Gasteiger partial charge in [-0.15, -0.1) is 0 Å². The Bertz CT molecular complexity index is 465. The van der Waals surface area contributed by atoms with Gasteiger partial charge >= 0.3 is 0 Å². The van der Waals surface area contributed by atoms with Crippen LogP contribution in [0.5, 0.6) is 0 Å². The molecule has 0 amide bonds. The Hall–Kier alpha value is -1.09. The molecule has 1 aromatic rings. The molecule has 102 valence electrons. The summed E-state index contributed by atoms with van der Waals surface area (Å²) in [7, 11) is 0. The van der Waals surface area contributed by atoms with E-state index in [1.807, 2.05) is 18.2 Å². The van der Waals surface area contributed by atoms with E-state index >= 15 is 0 Å². The van der Waals surface area contributed by atoms with Gasteiger partial charge in [0.25, 0.3) is 0 Å². The van der Waals surface area contributed by atoms with Gasteiger partial charge in [-0.3, -0.25) is 0 Å². The van der Waals surface area contributed by atoms with Gasteiger partial charge in [0.05, 0.1) is 30.6 Å². The second kappa shape index (κ2) is 6.90. The Kier molecular flexibility index (Phi) is 5.20. The van der Waals surface area contributed by atoms with Crippen molar-refractivity contribution in [2.75, 3.05) is 31.2 Å². The molecule has 1 aliphatic heterocycles. The quantitative estimate of drug-likeness (QED) is 0.923. The second-order valence-electron chi connectivity index (χ2n) is 4.55. The molecule has 1 saturated heterocycles. The van der Waals surface area contributed by atoms with Gasteiger partial charge in [-0.25, -0.2) is 0 Å². The molecule has 0 aliphatic carbocycles. The normalized spacial score (nSPS) is 16.4. The molecule has 0 radical (unpaired) electrons. The molecule has 2 rings (SSSR count). The predicted molar refractivity (Wildman–Crippen MR) is 77.1 cm³/mol. The van der Waals surface area contributed by atoms with Crippen LogP contribution in [0.3, 0.4) is 0 Å². The molecule has 0 atom stereocenters. The number of halogens is 1. The van der Waals surface area contributed by atoms with Crippen LogP contribution < -0.4 is 4.90 Å². The van der Waals surface area contributed by atoms with E-state index in [0.29, 0.717) is 12.2 Å². The SMILES string of the molecule is N#Cc1cc(Br)ccc1N1CCC(OCCO)CC1. The Balaban J connectivity index is 2.00. The molecule has 0 aromatic heterocycles. The number of aliphatic hydroxyl groups excluding tert-OH is 1. The van der Waals surface area contributed by atoms with Crippen LogP contribution in [0, 0.1) is 11.3 Å². The molecule has 19 heavy (non-hydrogen) atoms. The molecule has 4 nitrogen and oxygen atoms in total. The second-order valence-corrected chi connectivity index (χ2v) is 5.47. The average Bonchev–Trinajstić information content (AvgIpc) is 2.45. The van der Waals surface area contributed by atoms with Gasteiger partial charge in [-0.2, -0.15) is 5.26 Å². The first-order chi connectivity index (χ1) is 9.24. The number of hydrogen-bond acceptors (Lipinski definition) is 4. The van der Waals surface area contributed by atoms with Gasteiger partial charge in [-0.1, -0.05) is 15.9 Å². The molecular weight excluding hydrogens is 308 g/mol. The number of benzene rings is 1. The Morgan fingerprint density at radius 1 is 1.42 bits per heavy atom. The van der Waals surface area contributed by atoms with Crippen LogP contribution in [0.1, 0.15) is 18.4 Å². The summed E-state index contributed by atoms with van der Waals surface area (Å²) in [6.45, 7) is 2.25. The molecule has 1 fully saturated rings. The smallest absolute Gasteiger partial charge is 0.101 e. The maximum absolute atomic E-state index is 9.19. The number of rotatable bonds is 4. The number of hydrogen-bond donors (Lipinski definition) is 1. The van der Waals surface area contributed by atoms with Crippen molar-refractivity contribution in [1.82, 2.24) is 0 Å². The van der Waals surface area contributed by atoms with Crippen LogP contribution in [0.2, 0.25) is 0 Å². The molecule has 0 spiro atoms. The maximum atomic E-state index is 9.19. The average molecular weight is 325 g/mol. The van der Waals surface area contributed by atoms with E-state index in [0.717, 1.165) is 36.1 Å². The summed E-state index contributed by atoms with van der Waals surface area (Å²) in [5.41, 5.74) is 1.69. The van der Waals surface area contributed by atoms with Crippen LogP contribution in [0.25, 0.3) is 0 Å².